The minimum absolute atomic E-state index is 0. The molecule has 0 fully saturated rings. The Balaban J connectivity index is 0.00000169. The zero-order valence-electron chi connectivity index (χ0n) is 28.7. The van der Waals surface area contributed by atoms with E-state index in [1.54, 1.807) is 0 Å². The van der Waals surface area contributed by atoms with Crippen LogP contribution in [0.25, 0.3) is 33.4 Å². The Morgan fingerprint density at radius 2 is 0.700 bits per heavy atom. The molecule has 1 aliphatic rings. The largest absolute Gasteiger partial charge is 4.00 e. The molecule has 5 heteroatoms. The molecular formula is C45H39Cl3SiTi. The van der Waals surface area contributed by atoms with Crippen molar-refractivity contribution in [1.82, 2.24) is 0 Å². The molecule has 0 N–H and O–H groups in total. The van der Waals surface area contributed by atoms with Gasteiger partial charge < -0.3 is 37.2 Å². The molecule has 0 aliphatic heterocycles. The average Bonchev–Trinajstić information content (AvgIpc) is 3.32. The summed E-state index contributed by atoms with van der Waals surface area (Å²) in [6.07, 6.45) is 4.21. The molecule has 0 nitrogen and oxygen atoms in total. The molecule has 1 aliphatic carbocycles. The van der Waals surface area contributed by atoms with Crippen molar-refractivity contribution in [3.05, 3.63) is 187 Å². The Labute approximate surface area is 332 Å². The van der Waals surface area contributed by atoms with E-state index in [1.807, 2.05) is 0 Å². The van der Waals surface area contributed by atoms with Gasteiger partial charge in [0.2, 0.25) is 0 Å². The first kappa shape index (κ1) is 41.0. The Kier molecular flexibility index (Phi) is 14.1. The fraction of sp³-hybridized carbons (Fsp3) is 0.111. The van der Waals surface area contributed by atoms with Gasteiger partial charge in [-0.15, -0.1) is 6.92 Å². The van der Waals surface area contributed by atoms with Gasteiger partial charge in [-0.1, -0.05) is 190 Å². The summed E-state index contributed by atoms with van der Waals surface area (Å²) < 4.78 is 0. The van der Waals surface area contributed by atoms with Crippen molar-refractivity contribution in [2.45, 2.75) is 32.7 Å². The van der Waals surface area contributed by atoms with Crippen LogP contribution in [0.15, 0.2) is 181 Å². The van der Waals surface area contributed by atoms with Crippen molar-refractivity contribution in [2.75, 3.05) is 0 Å². The normalized spacial score (nSPS) is 15.1. The molecule has 7 rings (SSSR count). The van der Waals surface area contributed by atoms with Gasteiger partial charge in [-0.3, -0.25) is 6.08 Å². The second-order valence-electron chi connectivity index (χ2n) is 12.6. The topological polar surface area (TPSA) is 0 Å². The molecule has 0 bridgehead atoms. The van der Waals surface area contributed by atoms with E-state index in [9.17, 15) is 0 Å². The maximum atomic E-state index is 4.21. The number of allylic oxidation sites excluding steroid dienone is 4. The van der Waals surface area contributed by atoms with Crippen LogP contribution in [0.4, 0.5) is 0 Å². The van der Waals surface area contributed by atoms with Crippen molar-refractivity contribution in [3.8, 4) is 33.4 Å². The Morgan fingerprint density at radius 3 is 0.980 bits per heavy atom. The summed E-state index contributed by atoms with van der Waals surface area (Å²) in [5.74, 6) is 0. The zero-order chi connectivity index (χ0) is 31.7. The first-order chi connectivity index (χ1) is 22.5. The van der Waals surface area contributed by atoms with Gasteiger partial charge in [0.25, 0.3) is 0 Å². The van der Waals surface area contributed by atoms with Crippen LogP contribution in [0.2, 0.25) is 5.04 Å². The molecule has 0 saturated heterocycles. The van der Waals surface area contributed by atoms with Crippen LogP contribution < -0.4 is 52.8 Å². The number of benzene rings is 6. The monoisotopic (exact) mass is 760 g/mol. The third-order valence-electron chi connectivity index (χ3n) is 10.3. The van der Waals surface area contributed by atoms with Crippen molar-refractivity contribution in [3.63, 3.8) is 0 Å². The molecule has 50 heavy (non-hydrogen) atoms. The van der Waals surface area contributed by atoms with Gasteiger partial charge >= 0.3 is 21.7 Å². The van der Waals surface area contributed by atoms with Gasteiger partial charge in [0.05, 0.1) is 0 Å². The van der Waals surface area contributed by atoms with E-state index >= 15 is 0 Å². The SMILES string of the molecule is CC1=[C-]C(C)([Si](c2ccccc2-c2ccccc2)(c2ccccc2-c2ccccc2)c2ccccc2-c2ccccc2)C(C)=C1C.[Cl-].[Cl-].[Cl-].[Ti+4]. The van der Waals surface area contributed by atoms with Gasteiger partial charge in [0.15, 0.2) is 0 Å². The Hall–Kier alpha value is -3.40. The molecule has 248 valence electrons. The minimum Gasteiger partial charge on any atom is -1.00 e. The van der Waals surface area contributed by atoms with E-state index in [0.717, 1.165) is 0 Å². The molecule has 1 atom stereocenters. The quantitative estimate of drug-likeness (QED) is 0.130. The van der Waals surface area contributed by atoms with Crippen LogP contribution in [0, 0.1) is 6.08 Å². The molecule has 6 aromatic rings. The number of hydrogen-bond acceptors (Lipinski definition) is 0. The number of hydrogen-bond donors (Lipinski definition) is 0. The molecule has 0 amide bonds. The van der Waals surface area contributed by atoms with Crippen LogP contribution in [0.5, 0.6) is 0 Å². The van der Waals surface area contributed by atoms with Crippen molar-refractivity contribution >= 4 is 23.6 Å². The average molecular weight is 762 g/mol. The molecular weight excluding hydrogens is 723 g/mol. The van der Waals surface area contributed by atoms with Gasteiger partial charge in [0.1, 0.15) is 8.07 Å². The maximum absolute atomic E-state index is 4.21. The van der Waals surface area contributed by atoms with Crippen LogP contribution in [-0.2, 0) is 21.7 Å². The first-order valence-electron chi connectivity index (χ1n) is 16.2. The van der Waals surface area contributed by atoms with Gasteiger partial charge in [0, 0.05) is 0 Å². The van der Waals surface area contributed by atoms with E-state index in [2.05, 4.69) is 198 Å². The molecule has 0 radical (unpaired) electrons. The summed E-state index contributed by atoms with van der Waals surface area (Å²) in [5.41, 5.74) is 11.6. The van der Waals surface area contributed by atoms with Crippen molar-refractivity contribution in [2.24, 2.45) is 0 Å². The van der Waals surface area contributed by atoms with E-state index in [4.69, 9.17) is 0 Å². The van der Waals surface area contributed by atoms with Gasteiger partial charge in [-0.25, -0.2) is 5.57 Å². The van der Waals surface area contributed by atoms with Crippen LogP contribution in [-0.4, -0.2) is 8.07 Å². The fourth-order valence-electron chi connectivity index (χ4n) is 7.88. The molecule has 6 aromatic carbocycles. The standard InChI is InChI=1S/C45H39Si.3ClH.Ti/c1-33-32-45(4,35(3)34(33)2)46(42-29-17-14-26-39(42)36-20-8-5-9-21-36,43-30-18-15-27-40(43)37-22-10-6-11-23-37)44-31-19-16-28-41(44)38-24-12-7-13-25-38;;;;/h5-31H,1-4H3;3*1H;/q-1;;;;+4/p-3. The van der Waals surface area contributed by atoms with Gasteiger partial charge in [-0.2, -0.15) is 11.1 Å². The summed E-state index contributed by atoms with van der Waals surface area (Å²) >= 11 is 0. The Bertz CT molecular complexity index is 1890. The number of rotatable bonds is 7. The smallest absolute Gasteiger partial charge is 1.00 e. The molecule has 0 spiro atoms. The van der Waals surface area contributed by atoms with Crippen LogP contribution >= 0.6 is 0 Å². The van der Waals surface area contributed by atoms with Crippen molar-refractivity contribution in [1.29, 1.82) is 0 Å². The van der Waals surface area contributed by atoms with Crippen LogP contribution in [0.1, 0.15) is 27.7 Å². The summed E-state index contributed by atoms with van der Waals surface area (Å²) in [4.78, 5) is 0. The number of halogens is 3. The summed E-state index contributed by atoms with van der Waals surface area (Å²) in [6.45, 7) is 9.39. The summed E-state index contributed by atoms with van der Waals surface area (Å²) in [6, 6.07) is 60.5. The van der Waals surface area contributed by atoms with Crippen LogP contribution in [0.3, 0.4) is 0 Å². The van der Waals surface area contributed by atoms with E-state index in [1.165, 1.54) is 65.7 Å². The third-order valence-corrected chi connectivity index (χ3v) is 16.0. The second kappa shape index (κ2) is 17.2. The zero-order valence-corrected chi connectivity index (χ0v) is 33.6. The molecule has 0 heterocycles. The van der Waals surface area contributed by atoms with Crippen molar-refractivity contribution < 1.29 is 58.9 Å². The molecule has 0 aromatic heterocycles. The third kappa shape index (κ3) is 6.81. The minimum atomic E-state index is -3.13. The summed E-state index contributed by atoms with van der Waals surface area (Å²) in [5, 5.41) is 3.83. The van der Waals surface area contributed by atoms with E-state index in [0.29, 0.717) is 0 Å². The van der Waals surface area contributed by atoms with E-state index in [-0.39, 0.29) is 64.0 Å². The fourth-order valence-corrected chi connectivity index (χ4v) is 14.4. The van der Waals surface area contributed by atoms with E-state index < -0.39 is 8.07 Å². The maximum Gasteiger partial charge on any atom is 4.00 e. The molecule has 0 saturated carbocycles. The Morgan fingerprint density at radius 1 is 0.420 bits per heavy atom. The first-order valence-corrected chi connectivity index (χ1v) is 18.2. The van der Waals surface area contributed by atoms with Gasteiger partial charge in [-0.05, 0) is 48.9 Å². The molecule has 1 unspecified atom stereocenters. The second-order valence-corrected chi connectivity index (χ2v) is 16.7. The predicted molar refractivity (Wildman–Crippen MR) is 199 cm³/mol. The summed E-state index contributed by atoms with van der Waals surface area (Å²) in [7, 11) is -3.13. The predicted octanol–water partition coefficient (Wildman–Crippen LogP) is 1.03.